The van der Waals surface area contributed by atoms with E-state index in [-0.39, 0.29) is 5.60 Å². The van der Waals surface area contributed by atoms with Gasteiger partial charge in [-0.1, -0.05) is 45.4 Å². The first kappa shape index (κ1) is 21.4. The van der Waals surface area contributed by atoms with Gasteiger partial charge in [0.25, 0.3) is 0 Å². The molecule has 0 heterocycles. The van der Waals surface area contributed by atoms with Gasteiger partial charge in [-0.25, -0.2) is 0 Å². The van der Waals surface area contributed by atoms with E-state index < -0.39 is 5.83 Å². The smallest absolute Gasteiger partial charge is 0.196 e. The second kappa shape index (κ2) is 11.1. The van der Waals surface area contributed by atoms with E-state index >= 15 is 0 Å². The van der Waals surface area contributed by atoms with Crippen molar-refractivity contribution in [1.29, 1.82) is 5.26 Å². The molecular weight excluding hydrogens is 325 g/mol. The molecule has 0 aromatic rings. The van der Waals surface area contributed by atoms with Gasteiger partial charge in [-0.3, -0.25) is 0 Å². The maximum Gasteiger partial charge on any atom is 0.196 e. The monoisotopic (exact) mass is 363 g/mol. The Morgan fingerprint density at radius 1 is 1.12 bits per heavy atom. The van der Waals surface area contributed by atoms with E-state index in [1.165, 1.54) is 70.3 Å². The van der Waals surface area contributed by atoms with E-state index in [9.17, 15) is 4.39 Å². The minimum Gasteiger partial charge on any atom is -0.378 e. The van der Waals surface area contributed by atoms with Crippen molar-refractivity contribution in [3.8, 4) is 6.07 Å². The zero-order chi connectivity index (χ0) is 18.8. The first-order chi connectivity index (χ1) is 12.6. The highest BCUT2D eigenvalue weighted by Crippen LogP contribution is 2.45. The topological polar surface area (TPSA) is 33.0 Å². The van der Waals surface area contributed by atoms with Crippen LogP contribution in [0.3, 0.4) is 0 Å². The second-order valence-electron chi connectivity index (χ2n) is 8.70. The molecule has 2 aliphatic rings. The van der Waals surface area contributed by atoms with E-state index in [0.29, 0.717) is 6.42 Å². The third-order valence-electron chi connectivity index (χ3n) is 7.18. The van der Waals surface area contributed by atoms with Crippen LogP contribution in [-0.4, -0.2) is 12.7 Å². The van der Waals surface area contributed by atoms with Gasteiger partial charge in [0.2, 0.25) is 0 Å². The van der Waals surface area contributed by atoms with Crippen LogP contribution < -0.4 is 0 Å². The van der Waals surface area contributed by atoms with Gasteiger partial charge in [0.15, 0.2) is 5.83 Å². The number of nitriles is 1. The highest BCUT2D eigenvalue weighted by molar-refractivity contribution is 5.11. The molecule has 26 heavy (non-hydrogen) atoms. The molecule has 0 amide bonds. The van der Waals surface area contributed by atoms with Crippen molar-refractivity contribution in [2.24, 2.45) is 17.8 Å². The van der Waals surface area contributed by atoms with Gasteiger partial charge in [-0.2, -0.15) is 9.65 Å². The van der Waals surface area contributed by atoms with Crippen molar-refractivity contribution < 1.29 is 9.13 Å². The molecule has 0 atom stereocenters. The molecule has 2 rings (SSSR count). The summed E-state index contributed by atoms with van der Waals surface area (Å²) in [7, 11) is 1.80. The second-order valence-corrected chi connectivity index (χ2v) is 8.70. The molecule has 0 radical (unpaired) electrons. The van der Waals surface area contributed by atoms with Crippen LogP contribution in [0.5, 0.6) is 0 Å². The Labute approximate surface area is 160 Å². The largest absolute Gasteiger partial charge is 0.378 e. The number of hydrogen-bond donors (Lipinski definition) is 0. The minimum absolute atomic E-state index is 0.0971. The summed E-state index contributed by atoms with van der Waals surface area (Å²) in [5.74, 6) is 2.10. The van der Waals surface area contributed by atoms with Crippen molar-refractivity contribution >= 4 is 0 Å². The summed E-state index contributed by atoms with van der Waals surface area (Å²) >= 11 is 0. The van der Waals surface area contributed by atoms with Crippen LogP contribution in [0, 0.1) is 29.1 Å². The molecular formula is C23H38FNO. The molecule has 0 saturated heterocycles. The van der Waals surface area contributed by atoms with Gasteiger partial charge < -0.3 is 4.74 Å². The van der Waals surface area contributed by atoms with Crippen molar-refractivity contribution in [2.45, 2.75) is 102 Å². The Balaban J connectivity index is 1.73. The molecule has 2 aliphatic carbocycles. The number of allylic oxidation sites excluding steroid dienone is 2. The van der Waals surface area contributed by atoms with E-state index in [1.807, 2.05) is 0 Å². The van der Waals surface area contributed by atoms with Gasteiger partial charge in [0, 0.05) is 7.11 Å². The molecule has 0 N–H and O–H groups in total. The van der Waals surface area contributed by atoms with Crippen LogP contribution in [0.4, 0.5) is 4.39 Å². The lowest BCUT2D eigenvalue weighted by molar-refractivity contribution is -0.0619. The first-order valence-electron chi connectivity index (χ1n) is 10.9. The number of hydrogen-bond acceptors (Lipinski definition) is 2. The Bertz CT molecular complexity index is 465. The fraction of sp³-hybridized carbons (Fsp3) is 0.870. The molecule has 2 fully saturated rings. The van der Waals surface area contributed by atoms with E-state index in [2.05, 4.69) is 6.92 Å². The normalized spacial score (nSPS) is 33.0. The first-order valence-corrected chi connectivity index (χ1v) is 10.9. The SMILES string of the molecule is CCCCC[C@H]1CC[C@H]([C@H]2CC[C@@](CCC=C(F)C#N)(OC)CC2)CC1. The van der Waals surface area contributed by atoms with Crippen molar-refractivity contribution in [1.82, 2.24) is 0 Å². The summed E-state index contributed by atoms with van der Waals surface area (Å²) in [5, 5.41) is 8.53. The fourth-order valence-corrected chi connectivity index (χ4v) is 5.33. The lowest BCUT2D eigenvalue weighted by Gasteiger charge is -2.43. The molecule has 0 unspecified atom stereocenters. The van der Waals surface area contributed by atoms with Crippen molar-refractivity contribution in [3.63, 3.8) is 0 Å². The van der Waals surface area contributed by atoms with Crippen LogP contribution in [0.1, 0.15) is 96.8 Å². The number of nitrogens with zero attached hydrogens (tertiary/aromatic N) is 1. The highest BCUT2D eigenvalue weighted by Gasteiger charge is 2.38. The third kappa shape index (κ3) is 6.38. The molecule has 3 heteroatoms. The van der Waals surface area contributed by atoms with Gasteiger partial charge >= 0.3 is 0 Å². The van der Waals surface area contributed by atoms with Crippen LogP contribution in [0.25, 0.3) is 0 Å². The summed E-state index contributed by atoms with van der Waals surface area (Å²) in [6.45, 7) is 2.29. The Morgan fingerprint density at radius 3 is 2.35 bits per heavy atom. The number of methoxy groups -OCH3 is 1. The summed E-state index contributed by atoms with van der Waals surface area (Å²) in [6, 6.07) is 1.56. The predicted molar refractivity (Wildman–Crippen MR) is 105 cm³/mol. The molecule has 0 bridgehead atoms. The Kier molecular flexibility index (Phi) is 9.12. The summed E-state index contributed by atoms with van der Waals surface area (Å²) in [4.78, 5) is 0. The summed E-state index contributed by atoms with van der Waals surface area (Å²) in [6.07, 6.45) is 18.9. The number of unbranched alkanes of at least 4 members (excludes halogenated alkanes) is 2. The van der Waals surface area contributed by atoms with Crippen LogP contribution in [0.2, 0.25) is 0 Å². The summed E-state index contributed by atoms with van der Waals surface area (Å²) in [5.41, 5.74) is -0.0971. The van der Waals surface area contributed by atoms with Crippen LogP contribution >= 0.6 is 0 Å². The fourth-order valence-electron chi connectivity index (χ4n) is 5.33. The quantitative estimate of drug-likeness (QED) is 0.323. The lowest BCUT2D eigenvalue weighted by atomic mass is 9.67. The van der Waals surface area contributed by atoms with E-state index in [1.54, 1.807) is 13.2 Å². The predicted octanol–water partition coefficient (Wildman–Crippen LogP) is 7.11. The minimum atomic E-state index is -0.666. The molecule has 0 aromatic heterocycles. The summed E-state index contributed by atoms with van der Waals surface area (Å²) < 4.78 is 18.9. The Hall–Kier alpha value is -0.880. The number of ether oxygens (including phenoxy) is 1. The number of rotatable bonds is 9. The average Bonchev–Trinajstić information content (AvgIpc) is 2.69. The third-order valence-corrected chi connectivity index (χ3v) is 7.18. The van der Waals surface area contributed by atoms with Crippen molar-refractivity contribution in [2.75, 3.05) is 7.11 Å². The van der Waals surface area contributed by atoms with Crippen LogP contribution in [0.15, 0.2) is 11.9 Å². The van der Waals surface area contributed by atoms with Crippen molar-refractivity contribution in [3.05, 3.63) is 11.9 Å². The van der Waals surface area contributed by atoms with Crippen LogP contribution in [-0.2, 0) is 4.74 Å². The maximum absolute atomic E-state index is 13.0. The van der Waals surface area contributed by atoms with E-state index in [0.717, 1.165) is 37.0 Å². The Morgan fingerprint density at radius 2 is 1.77 bits per heavy atom. The van der Waals surface area contributed by atoms with Gasteiger partial charge in [-0.15, -0.1) is 0 Å². The molecule has 0 spiro atoms. The van der Waals surface area contributed by atoms with E-state index in [4.69, 9.17) is 10.00 Å². The maximum atomic E-state index is 13.0. The number of halogens is 1. The van der Waals surface area contributed by atoms with Gasteiger partial charge in [-0.05, 0) is 75.2 Å². The zero-order valence-electron chi connectivity index (χ0n) is 16.9. The van der Waals surface area contributed by atoms with Gasteiger partial charge in [0.1, 0.15) is 6.07 Å². The molecule has 2 nitrogen and oxygen atoms in total. The standard InChI is InChI=1S/C23H38FNO/c1-3-4-5-7-19-9-11-20(12-10-19)21-13-16-23(26-2,17-14-21)15-6-8-22(24)18-25/h8,19-21H,3-7,9-17H2,1-2H3/t19-,20-,21-,23+. The zero-order valence-corrected chi connectivity index (χ0v) is 16.9. The lowest BCUT2D eigenvalue weighted by Crippen LogP contribution is -2.38. The average molecular weight is 364 g/mol. The highest BCUT2D eigenvalue weighted by atomic mass is 19.1. The molecule has 0 aromatic carbocycles. The molecule has 2 saturated carbocycles. The van der Waals surface area contributed by atoms with Gasteiger partial charge in [0.05, 0.1) is 5.60 Å². The molecule has 148 valence electrons. The molecule has 0 aliphatic heterocycles.